The first-order valence-electron chi connectivity index (χ1n) is 11.9. The average Bonchev–Trinajstić information content (AvgIpc) is 2.86. The van der Waals surface area contributed by atoms with E-state index in [0.29, 0.717) is 5.56 Å². The van der Waals surface area contributed by atoms with Gasteiger partial charge >= 0.3 is 0 Å². The van der Waals surface area contributed by atoms with Crippen LogP contribution in [0.4, 0.5) is 4.39 Å². The van der Waals surface area contributed by atoms with E-state index in [1.54, 1.807) is 0 Å². The number of benzene rings is 2. The van der Waals surface area contributed by atoms with E-state index in [9.17, 15) is 44.3 Å². The summed E-state index contributed by atoms with van der Waals surface area (Å²) in [4.78, 5) is 40.7. The van der Waals surface area contributed by atoms with E-state index in [2.05, 4.69) is 0 Å². The summed E-state index contributed by atoms with van der Waals surface area (Å²) in [7, 11) is 2.90. The Morgan fingerprint density at radius 2 is 1.72 bits per heavy atom. The standard InChI is InChI=1S/C28H25FN2O8/c1-31(2)21-20-23(34)17-14(10-11-6-8-12(29)9-7-11)13-4-3-5-15(32)16(13)22(33)18(17)25(36)28(20,39)26(37)19(24(21)35)27(30)38/h3-10,17,20-21,23,32,34-36,39H,1-2H3,(H2,30,38)/b14-10+/t17-,20-,21+,23+,28+/m1/s1. The molecule has 2 aromatic rings. The van der Waals surface area contributed by atoms with Crippen molar-refractivity contribution in [2.24, 2.45) is 17.6 Å². The maximum atomic E-state index is 13.7. The molecule has 0 fully saturated rings. The fourth-order valence-electron chi connectivity index (χ4n) is 6.05. The molecule has 39 heavy (non-hydrogen) atoms. The molecular weight excluding hydrogens is 511 g/mol. The first kappa shape index (κ1) is 26.3. The Bertz CT molecular complexity index is 1540. The number of carbonyl (C=O) groups is 3. The van der Waals surface area contributed by atoms with Crippen LogP contribution in [-0.4, -0.2) is 79.7 Å². The summed E-state index contributed by atoms with van der Waals surface area (Å²) in [6.07, 6.45) is -0.268. The third kappa shape index (κ3) is 3.54. The molecule has 0 bridgehead atoms. The third-order valence-electron chi connectivity index (χ3n) is 7.72. The van der Waals surface area contributed by atoms with Gasteiger partial charge in [0.25, 0.3) is 5.91 Å². The van der Waals surface area contributed by atoms with Crippen molar-refractivity contribution in [3.05, 3.63) is 87.6 Å². The number of phenolic OH excluding ortho intramolecular Hbond substituents is 1. The van der Waals surface area contributed by atoms with Crippen LogP contribution in [0.3, 0.4) is 0 Å². The number of Topliss-reactive ketones (excluding diaryl/α,β-unsaturated/α-hetero) is 2. The molecule has 5 atom stereocenters. The highest BCUT2D eigenvalue weighted by Gasteiger charge is 2.67. The van der Waals surface area contributed by atoms with Crippen molar-refractivity contribution in [1.29, 1.82) is 0 Å². The molecule has 2 aromatic carbocycles. The summed E-state index contributed by atoms with van der Waals surface area (Å²) in [6, 6.07) is 8.12. The first-order valence-corrected chi connectivity index (χ1v) is 11.9. The van der Waals surface area contributed by atoms with Gasteiger partial charge in [0, 0.05) is 5.92 Å². The van der Waals surface area contributed by atoms with Gasteiger partial charge in [-0.2, -0.15) is 0 Å². The Morgan fingerprint density at radius 1 is 1.08 bits per heavy atom. The number of aliphatic hydroxyl groups is 4. The van der Waals surface area contributed by atoms with Crippen LogP contribution in [-0.2, 0) is 9.59 Å². The molecular formula is C28H25FN2O8. The van der Waals surface area contributed by atoms with Gasteiger partial charge in [0.15, 0.2) is 11.4 Å². The molecule has 0 radical (unpaired) electrons. The maximum absolute atomic E-state index is 13.7. The van der Waals surface area contributed by atoms with Crippen molar-refractivity contribution < 1.29 is 44.3 Å². The van der Waals surface area contributed by atoms with Crippen molar-refractivity contribution >= 4 is 29.1 Å². The number of ketones is 2. The molecule has 0 saturated carbocycles. The number of aromatic hydroxyl groups is 1. The smallest absolute Gasteiger partial charge is 0.255 e. The first-order chi connectivity index (χ1) is 18.3. The number of phenols is 1. The molecule has 202 valence electrons. The molecule has 3 aliphatic rings. The summed E-state index contributed by atoms with van der Waals surface area (Å²) in [5.41, 5.74) is 1.39. The lowest BCUT2D eigenvalue weighted by Gasteiger charge is -2.52. The van der Waals surface area contributed by atoms with Gasteiger partial charge in [-0.3, -0.25) is 19.3 Å². The number of halogens is 1. The summed E-state index contributed by atoms with van der Waals surface area (Å²) in [5, 5.41) is 56.6. The fraction of sp³-hybridized carbons (Fsp3) is 0.250. The van der Waals surface area contributed by atoms with Crippen LogP contribution >= 0.6 is 0 Å². The largest absolute Gasteiger partial charge is 0.510 e. The minimum Gasteiger partial charge on any atom is -0.510 e. The molecule has 0 heterocycles. The van der Waals surface area contributed by atoms with E-state index in [0.717, 1.165) is 0 Å². The zero-order chi connectivity index (χ0) is 28.5. The van der Waals surface area contributed by atoms with Crippen LogP contribution in [0.2, 0.25) is 0 Å². The van der Waals surface area contributed by atoms with Crippen molar-refractivity contribution in [1.82, 2.24) is 4.90 Å². The molecule has 11 heteroatoms. The predicted octanol–water partition coefficient (Wildman–Crippen LogP) is 1.23. The van der Waals surface area contributed by atoms with Crippen LogP contribution in [0, 0.1) is 17.7 Å². The Balaban J connectivity index is 1.86. The van der Waals surface area contributed by atoms with Gasteiger partial charge in [-0.05, 0) is 49.0 Å². The summed E-state index contributed by atoms with van der Waals surface area (Å²) in [6.45, 7) is 0. The minimum atomic E-state index is -3.02. The highest BCUT2D eigenvalue weighted by molar-refractivity contribution is 6.25. The van der Waals surface area contributed by atoms with E-state index >= 15 is 0 Å². The second kappa shape index (κ2) is 8.87. The van der Waals surface area contributed by atoms with Crippen molar-refractivity contribution in [3.8, 4) is 5.75 Å². The van der Waals surface area contributed by atoms with Crippen molar-refractivity contribution in [3.63, 3.8) is 0 Å². The number of nitrogens with zero attached hydrogens (tertiary/aromatic N) is 1. The minimum absolute atomic E-state index is 0.205. The number of hydrogen-bond acceptors (Lipinski definition) is 9. The predicted molar refractivity (Wildman–Crippen MR) is 136 cm³/mol. The van der Waals surface area contributed by atoms with E-state index in [4.69, 9.17) is 5.73 Å². The number of amides is 1. The van der Waals surface area contributed by atoms with Crippen molar-refractivity contribution in [2.75, 3.05) is 14.1 Å². The van der Waals surface area contributed by atoms with Crippen LogP contribution in [0.15, 0.2) is 65.1 Å². The lowest BCUT2D eigenvalue weighted by atomic mass is 9.56. The zero-order valence-electron chi connectivity index (χ0n) is 20.8. The molecule has 0 saturated heterocycles. The summed E-state index contributed by atoms with van der Waals surface area (Å²) < 4.78 is 13.6. The van der Waals surface area contributed by atoms with Gasteiger partial charge in [-0.1, -0.05) is 30.3 Å². The number of nitrogens with two attached hydrogens (primary N) is 1. The van der Waals surface area contributed by atoms with Gasteiger partial charge in [-0.15, -0.1) is 0 Å². The number of primary amides is 1. The molecule has 7 N–H and O–H groups in total. The molecule has 0 spiro atoms. The average molecular weight is 537 g/mol. The maximum Gasteiger partial charge on any atom is 0.255 e. The van der Waals surface area contributed by atoms with Gasteiger partial charge in [0.05, 0.1) is 29.2 Å². The molecule has 0 aromatic heterocycles. The summed E-state index contributed by atoms with van der Waals surface area (Å²) >= 11 is 0. The Hall–Kier alpha value is -4.32. The van der Waals surface area contributed by atoms with Crippen LogP contribution in [0.1, 0.15) is 21.5 Å². The number of hydrogen-bond donors (Lipinski definition) is 6. The number of carbonyl (C=O) groups excluding carboxylic acids is 3. The van der Waals surface area contributed by atoms with Gasteiger partial charge in [0.2, 0.25) is 5.78 Å². The molecule has 5 rings (SSSR count). The fourth-order valence-corrected chi connectivity index (χ4v) is 6.05. The highest BCUT2D eigenvalue weighted by atomic mass is 19.1. The number of aliphatic hydroxyl groups excluding tert-OH is 3. The van der Waals surface area contributed by atoms with Crippen LogP contribution in [0.25, 0.3) is 11.6 Å². The van der Waals surface area contributed by atoms with E-state index in [-0.39, 0.29) is 16.7 Å². The lowest BCUT2D eigenvalue weighted by molar-refractivity contribution is -0.159. The Labute approximate surface area is 221 Å². The Kier molecular flexibility index (Phi) is 5.98. The SMILES string of the molecule is CN(C)[C@@H]1C(O)=C(C(N)=O)C(=O)[C@@]2(O)C(O)=C3C(=O)c4c(O)cccc4/C(=C\c4ccc(F)cc4)[C@H]3[C@H](O)[C@@H]12. The normalized spacial score (nSPS) is 29.4. The topological polar surface area (TPSA) is 182 Å². The third-order valence-corrected chi connectivity index (χ3v) is 7.72. The Morgan fingerprint density at radius 3 is 2.31 bits per heavy atom. The van der Waals surface area contributed by atoms with E-state index in [1.165, 1.54) is 67.5 Å². The van der Waals surface area contributed by atoms with Gasteiger partial charge < -0.3 is 31.3 Å². The van der Waals surface area contributed by atoms with Gasteiger partial charge in [0.1, 0.15) is 28.7 Å². The molecule has 0 unspecified atom stereocenters. The molecule has 0 aliphatic heterocycles. The quantitative estimate of drug-likeness (QED) is 0.314. The van der Waals surface area contributed by atoms with Gasteiger partial charge in [-0.25, -0.2) is 4.39 Å². The second-order valence-corrected chi connectivity index (χ2v) is 10.1. The lowest BCUT2D eigenvalue weighted by Crippen LogP contribution is -2.68. The monoisotopic (exact) mass is 536 g/mol. The number of likely N-dealkylation sites (N-methyl/N-ethyl adjacent to an activating group) is 1. The zero-order valence-corrected chi connectivity index (χ0v) is 20.8. The van der Waals surface area contributed by atoms with Crippen LogP contribution < -0.4 is 5.73 Å². The number of fused-ring (bicyclic) bond motifs is 3. The van der Waals surface area contributed by atoms with E-state index < -0.39 is 81.3 Å². The molecule has 1 amide bonds. The van der Waals surface area contributed by atoms with Crippen molar-refractivity contribution in [2.45, 2.75) is 17.7 Å². The number of rotatable bonds is 3. The van der Waals surface area contributed by atoms with Crippen LogP contribution in [0.5, 0.6) is 5.75 Å². The second-order valence-electron chi connectivity index (χ2n) is 10.1. The highest BCUT2D eigenvalue weighted by Crippen LogP contribution is 2.55. The van der Waals surface area contributed by atoms with E-state index in [1.807, 2.05) is 0 Å². The molecule has 3 aliphatic carbocycles. The molecule has 10 nitrogen and oxygen atoms in total. The summed E-state index contributed by atoms with van der Waals surface area (Å²) in [5.74, 6) is -9.72.